The molecule has 4 rings (SSSR count). The van der Waals surface area contributed by atoms with Crippen LogP contribution in [0, 0.1) is 0 Å². The Hall–Kier alpha value is -2.45. The van der Waals surface area contributed by atoms with Crippen LogP contribution in [0.25, 0.3) is 0 Å². The van der Waals surface area contributed by atoms with Crippen LogP contribution in [0.4, 0.5) is 0 Å². The van der Waals surface area contributed by atoms with Crippen LogP contribution in [0.5, 0.6) is 0 Å². The molecule has 1 aromatic heterocycles. The van der Waals surface area contributed by atoms with E-state index in [1.807, 2.05) is 0 Å². The van der Waals surface area contributed by atoms with Crippen LogP contribution < -0.4 is 0 Å². The lowest BCUT2D eigenvalue weighted by Crippen LogP contribution is -2.34. The smallest absolute Gasteiger partial charge is 0.335 e. The van der Waals surface area contributed by atoms with E-state index in [9.17, 15) is 9.90 Å². The van der Waals surface area contributed by atoms with E-state index in [0.29, 0.717) is 27.6 Å². The predicted molar refractivity (Wildman–Crippen MR) is 106 cm³/mol. The number of carbonyl (C=O) groups is 1. The highest BCUT2D eigenvalue weighted by molar-refractivity contribution is 6.35. The summed E-state index contributed by atoms with van der Waals surface area (Å²) < 4.78 is 14.1. The minimum atomic E-state index is -1.20. The zero-order valence-corrected chi connectivity index (χ0v) is 16.7. The molecule has 150 valence electrons. The summed E-state index contributed by atoms with van der Waals surface area (Å²) >= 11 is 12.5. The average Bonchev–Trinajstić information content (AvgIpc) is 3.33. The first-order chi connectivity index (χ1) is 14.0. The van der Waals surface area contributed by atoms with Crippen molar-refractivity contribution in [3.63, 3.8) is 0 Å². The maximum absolute atomic E-state index is 11.5. The molecule has 0 spiro atoms. The summed E-state index contributed by atoms with van der Waals surface area (Å²) in [6, 6.07) is 11.9. The lowest BCUT2D eigenvalue weighted by molar-refractivity contribution is -0.188. The molecule has 29 heavy (non-hydrogen) atoms. The number of nitrogens with zero attached hydrogens (tertiary/aromatic N) is 3. The Morgan fingerprint density at radius 2 is 2.10 bits per heavy atom. The van der Waals surface area contributed by atoms with Crippen LogP contribution in [0.1, 0.15) is 21.5 Å². The van der Waals surface area contributed by atoms with Crippen molar-refractivity contribution < 1.29 is 19.4 Å². The van der Waals surface area contributed by atoms with E-state index in [-0.39, 0.29) is 24.8 Å². The van der Waals surface area contributed by atoms with Gasteiger partial charge in [0.2, 0.25) is 5.79 Å². The molecule has 0 unspecified atom stereocenters. The fourth-order valence-corrected chi connectivity index (χ4v) is 4.01. The first kappa shape index (κ1) is 19.8. The minimum Gasteiger partial charge on any atom is -0.478 e. The molecular formula is C20H17Cl2N3O4. The van der Waals surface area contributed by atoms with Crippen molar-refractivity contribution in [1.82, 2.24) is 14.8 Å². The van der Waals surface area contributed by atoms with E-state index in [1.165, 1.54) is 6.33 Å². The van der Waals surface area contributed by atoms with Crippen molar-refractivity contribution in [3.05, 3.63) is 81.9 Å². The van der Waals surface area contributed by atoms with Gasteiger partial charge in [0.05, 0.1) is 23.3 Å². The maximum Gasteiger partial charge on any atom is 0.335 e. The Morgan fingerprint density at radius 1 is 1.28 bits per heavy atom. The molecule has 1 aliphatic rings. The summed E-state index contributed by atoms with van der Waals surface area (Å²) in [7, 11) is 0. The standard InChI is InChI=1S/C20H17Cl2N3O4/c21-14-5-6-17(18(22)8-14)20(10-25-12-23-11-24-25)28-9-15(29-20)7-13-3-1-2-4-16(13)19(26)27/h1-6,8,11-12,15H,7,9-10H2,(H,26,27)/t15-,20-/m1/s1. The molecule has 2 heterocycles. The van der Waals surface area contributed by atoms with Crippen LogP contribution in [-0.2, 0) is 28.2 Å². The SMILES string of the molecule is O=C(O)c1ccccc1C[C@@H]1CO[C@@](Cn2cncn2)(c2ccc(Cl)cc2Cl)O1. The van der Waals surface area contributed by atoms with E-state index in [1.54, 1.807) is 53.5 Å². The summed E-state index contributed by atoms with van der Waals surface area (Å²) in [5, 5.41) is 14.5. The molecule has 1 fully saturated rings. The molecule has 9 heteroatoms. The van der Waals surface area contributed by atoms with Gasteiger partial charge < -0.3 is 14.6 Å². The van der Waals surface area contributed by atoms with Crippen molar-refractivity contribution in [3.8, 4) is 0 Å². The second-order valence-electron chi connectivity index (χ2n) is 6.69. The molecule has 1 N–H and O–H groups in total. The monoisotopic (exact) mass is 433 g/mol. The van der Waals surface area contributed by atoms with Crippen LogP contribution >= 0.6 is 23.2 Å². The van der Waals surface area contributed by atoms with Crippen LogP contribution in [0.3, 0.4) is 0 Å². The Labute approximate surface area is 176 Å². The fraction of sp³-hybridized carbons (Fsp3) is 0.250. The second-order valence-corrected chi connectivity index (χ2v) is 7.53. The highest BCUT2D eigenvalue weighted by Crippen LogP contribution is 2.41. The van der Waals surface area contributed by atoms with Gasteiger partial charge in [-0.15, -0.1) is 0 Å². The molecule has 1 saturated heterocycles. The number of benzene rings is 2. The third-order valence-corrected chi connectivity index (χ3v) is 5.28. The number of ether oxygens (including phenoxy) is 2. The maximum atomic E-state index is 11.5. The van der Waals surface area contributed by atoms with Crippen LogP contribution in [0.15, 0.2) is 55.1 Å². The van der Waals surface area contributed by atoms with E-state index >= 15 is 0 Å². The molecule has 0 aliphatic carbocycles. The van der Waals surface area contributed by atoms with Gasteiger partial charge in [-0.05, 0) is 23.8 Å². The quantitative estimate of drug-likeness (QED) is 0.636. The Balaban J connectivity index is 1.65. The lowest BCUT2D eigenvalue weighted by Gasteiger charge is -2.29. The highest BCUT2D eigenvalue weighted by atomic mass is 35.5. The number of hydrogen-bond donors (Lipinski definition) is 1. The highest BCUT2D eigenvalue weighted by Gasteiger charge is 2.45. The molecule has 3 aromatic rings. The molecule has 2 atom stereocenters. The second kappa shape index (κ2) is 8.12. The summed E-state index contributed by atoms with van der Waals surface area (Å²) in [6.45, 7) is 0.493. The lowest BCUT2D eigenvalue weighted by atomic mass is 10.0. The molecule has 0 saturated carbocycles. The van der Waals surface area contributed by atoms with Gasteiger partial charge in [0.25, 0.3) is 0 Å². The molecule has 2 aromatic carbocycles. The largest absolute Gasteiger partial charge is 0.478 e. The number of carboxylic acids is 1. The van der Waals surface area contributed by atoms with Gasteiger partial charge in [0.15, 0.2) is 0 Å². The topological polar surface area (TPSA) is 86.5 Å². The third kappa shape index (κ3) is 4.13. The van der Waals surface area contributed by atoms with Crippen molar-refractivity contribution in [2.24, 2.45) is 0 Å². The van der Waals surface area contributed by atoms with Gasteiger partial charge in [0.1, 0.15) is 19.2 Å². The number of halogens is 2. The molecule has 0 bridgehead atoms. The number of aromatic nitrogens is 3. The summed E-state index contributed by atoms with van der Waals surface area (Å²) in [4.78, 5) is 15.5. The van der Waals surface area contributed by atoms with Gasteiger partial charge in [-0.2, -0.15) is 5.10 Å². The fourth-order valence-electron chi connectivity index (χ4n) is 3.45. The summed E-state index contributed by atoms with van der Waals surface area (Å²) in [5.41, 5.74) is 1.54. The number of carboxylic acid groups (broad SMARTS) is 1. The van der Waals surface area contributed by atoms with E-state index in [0.717, 1.165) is 0 Å². The van der Waals surface area contributed by atoms with Crippen molar-refractivity contribution in [2.45, 2.75) is 24.9 Å². The molecule has 7 nitrogen and oxygen atoms in total. The minimum absolute atomic E-state index is 0.228. The zero-order valence-electron chi connectivity index (χ0n) is 15.2. The number of aromatic carboxylic acids is 1. The van der Waals surface area contributed by atoms with Crippen molar-refractivity contribution in [1.29, 1.82) is 0 Å². The van der Waals surface area contributed by atoms with Gasteiger partial charge in [-0.3, -0.25) is 0 Å². The van der Waals surface area contributed by atoms with Crippen LogP contribution in [-0.4, -0.2) is 38.6 Å². The molecule has 0 radical (unpaired) electrons. The van der Waals surface area contributed by atoms with E-state index in [2.05, 4.69) is 10.1 Å². The van der Waals surface area contributed by atoms with E-state index in [4.69, 9.17) is 32.7 Å². The van der Waals surface area contributed by atoms with Gasteiger partial charge in [0, 0.05) is 17.0 Å². The van der Waals surface area contributed by atoms with Crippen molar-refractivity contribution in [2.75, 3.05) is 6.61 Å². The van der Waals surface area contributed by atoms with Crippen LogP contribution in [0.2, 0.25) is 10.0 Å². The Morgan fingerprint density at radius 3 is 2.83 bits per heavy atom. The molecule has 0 amide bonds. The predicted octanol–water partition coefficient (Wildman–Crippen LogP) is 3.79. The number of hydrogen-bond acceptors (Lipinski definition) is 5. The number of rotatable bonds is 6. The summed E-state index contributed by atoms with van der Waals surface area (Å²) in [5.74, 6) is -2.17. The first-order valence-corrected chi connectivity index (χ1v) is 9.63. The zero-order chi connectivity index (χ0) is 20.4. The Bertz CT molecular complexity index is 1030. The average molecular weight is 434 g/mol. The van der Waals surface area contributed by atoms with Crippen molar-refractivity contribution >= 4 is 29.2 Å². The molecule has 1 aliphatic heterocycles. The molecular weight excluding hydrogens is 417 g/mol. The first-order valence-electron chi connectivity index (χ1n) is 8.88. The normalized spacial score (nSPS) is 21.4. The Kier molecular flexibility index (Phi) is 5.56. The van der Waals surface area contributed by atoms with Gasteiger partial charge in [-0.25, -0.2) is 14.5 Å². The van der Waals surface area contributed by atoms with Gasteiger partial charge in [-0.1, -0.05) is 47.5 Å². The third-order valence-electron chi connectivity index (χ3n) is 4.73. The van der Waals surface area contributed by atoms with Gasteiger partial charge >= 0.3 is 5.97 Å². The van der Waals surface area contributed by atoms with E-state index < -0.39 is 11.8 Å². The summed E-state index contributed by atoms with van der Waals surface area (Å²) in [6.07, 6.45) is 3.00.